The molecular weight excluding hydrogens is 280 g/mol. The number of hydrogen-bond acceptors (Lipinski definition) is 4. The van der Waals surface area contributed by atoms with Gasteiger partial charge in [0.1, 0.15) is 5.69 Å². The van der Waals surface area contributed by atoms with Crippen LogP contribution in [0, 0.1) is 13.8 Å². The third-order valence-corrected chi connectivity index (χ3v) is 3.31. The van der Waals surface area contributed by atoms with E-state index in [4.69, 9.17) is 9.47 Å². The molecule has 1 heterocycles. The number of benzene rings is 1. The van der Waals surface area contributed by atoms with Gasteiger partial charge in [0.25, 0.3) is 5.91 Å². The summed E-state index contributed by atoms with van der Waals surface area (Å²) in [5, 5.41) is 2.89. The number of aryl methyl sites for hydroxylation is 2. The van der Waals surface area contributed by atoms with Crippen LogP contribution in [-0.2, 0) is 9.47 Å². The quantitative estimate of drug-likeness (QED) is 0.861. The van der Waals surface area contributed by atoms with Crippen molar-refractivity contribution in [2.45, 2.75) is 20.1 Å². The minimum absolute atomic E-state index is 0.262. The van der Waals surface area contributed by atoms with E-state index in [9.17, 15) is 4.79 Å². The minimum atomic E-state index is -0.589. The molecule has 22 heavy (non-hydrogen) atoms. The maximum absolute atomic E-state index is 12.4. The van der Waals surface area contributed by atoms with Crippen LogP contribution in [0.25, 0.3) is 0 Å². The number of amides is 1. The Morgan fingerprint density at radius 3 is 2.55 bits per heavy atom. The Hall–Kier alpha value is -2.24. The molecule has 0 bridgehead atoms. The Morgan fingerprint density at radius 2 is 1.86 bits per heavy atom. The second-order valence-electron chi connectivity index (χ2n) is 5.02. The van der Waals surface area contributed by atoms with Crippen molar-refractivity contribution in [3.63, 3.8) is 0 Å². The fourth-order valence-corrected chi connectivity index (χ4v) is 2.10. The molecule has 0 aliphatic heterocycles. The summed E-state index contributed by atoms with van der Waals surface area (Å²) in [6.45, 7) is 3.93. The van der Waals surface area contributed by atoms with E-state index in [0.717, 1.165) is 16.8 Å². The number of hydrogen-bond donors (Lipinski definition) is 1. The van der Waals surface area contributed by atoms with E-state index in [0.29, 0.717) is 11.4 Å². The number of nitrogens with zero attached hydrogens (tertiary/aromatic N) is 1. The molecule has 0 atom stereocenters. The third-order valence-electron chi connectivity index (χ3n) is 3.31. The Labute approximate surface area is 130 Å². The summed E-state index contributed by atoms with van der Waals surface area (Å²) in [6, 6.07) is 11.1. The molecule has 5 nitrogen and oxygen atoms in total. The molecule has 1 aromatic carbocycles. The van der Waals surface area contributed by atoms with E-state index < -0.39 is 6.29 Å². The van der Waals surface area contributed by atoms with Gasteiger partial charge in [-0.1, -0.05) is 18.2 Å². The molecule has 0 saturated carbocycles. The van der Waals surface area contributed by atoms with Crippen molar-refractivity contribution in [2.75, 3.05) is 19.5 Å². The summed E-state index contributed by atoms with van der Waals surface area (Å²) >= 11 is 0. The van der Waals surface area contributed by atoms with Crippen molar-refractivity contribution in [2.24, 2.45) is 0 Å². The highest BCUT2D eigenvalue weighted by molar-refractivity contribution is 6.03. The number of nitrogens with one attached hydrogen (secondary N) is 1. The van der Waals surface area contributed by atoms with Crippen LogP contribution in [0.5, 0.6) is 0 Å². The summed E-state index contributed by atoms with van der Waals surface area (Å²) in [5.74, 6) is -0.262. The van der Waals surface area contributed by atoms with Gasteiger partial charge in [-0.3, -0.25) is 4.79 Å². The van der Waals surface area contributed by atoms with Gasteiger partial charge in [0.05, 0.1) is 5.69 Å². The summed E-state index contributed by atoms with van der Waals surface area (Å²) in [4.78, 5) is 16.7. The van der Waals surface area contributed by atoms with Gasteiger partial charge in [0.2, 0.25) is 6.29 Å². The predicted molar refractivity (Wildman–Crippen MR) is 84.9 cm³/mol. The summed E-state index contributed by atoms with van der Waals surface area (Å²) in [7, 11) is 3.05. The summed E-state index contributed by atoms with van der Waals surface area (Å²) in [6.07, 6.45) is -0.589. The summed E-state index contributed by atoms with van der Waals surface area (Å²) in [5.41, 5.74) is 3.74. The molecule has 0 radical (unpaired) electrons. The van der Waals surface area contributed by atoms with Gasteiger partial charge in [-0.15, -0.1) is 0 Å². The molecule has 0 aliphatic rings. The highest BCUT2D eigenvalue weighted by Crippen LogP contribution is 2.18. The smallest absolute Gasteiger partial charge is 0.274 e. The van der Waals surface area contributed by atoms with Gasteiger partial charge < -0.3 is 14.8 Å². The van der Waals surface area contributed by atoms with Crippen molar-refractivity contribution < 1.29 is 14.3 Å². The average molecular weight is 300 g/mol. The zero-order valence-electron chi connectivity index (χ0n) is 13.2. The van der Waals surface area contributed by atoms with Gasteiger partial charge in [-0.25, -0.2) is 4.98 Å². The van der Waals surface area contributed by atoms with E-state index in [1.807, 2.05) is 32.0 Å². The molecule has 1 N–H and O–H groups in total. The fourth-order valence-electron chi connectivity index (χ4n) is 2.10. The van der Waals surface area contributed by atoms with Gasteiger partial charge in [0.15, 0.2) is 0 Å². The molecule has 1 amide bonds. The number of aromatic nitrogens is 1. The standard InChI is InChI=1S/C17H20N2O3/c1-11-8-9-12(2)15(10-11)19-16(20)13-6-5-7-14(18-13)17(21-3)22-4/h5-10,17H,1-4H3,(H,19,20). The van der Waals surface area contributed by atoms with E-state index in [1.54, 1.807) is 18.2 Å². The summed E-state index contributed by atoms with van der Waals surface area (Å²) < 4.78 is 10.3. The molecule has 0 aliphatic carbocycles. The lowest BCUT2D eigenvalue weighted by molar-refractivity contribution is -0.108. The third kappa shape index (κ3) is 3.69. The lowest BCUT2D eigenvalue weighted by atomic mass is 10.1. The molecule has 2 rings (SSSR count). The molecule has 1 aromatic heterocycles. The SMILES string of the molecule is COC(OC)c1cccc(C(=O)Nc2cc(C)ccc2C)n1. The number of anilines is 1. The number of carbonyl (C=O) groups is 1. The van der Waals surface area contributed by atoms with Crippen molar-refractivity contribution in [3.05, 3.63) is 58.9 Å². The van der Waals surface area contributed by atoms with Crippen LogP contribution in [0.4, 0.5) is 5.69 Å². The zero-order valence-corrected chi connectivity index (χ0v) is 13.2. The first kappa shape index (κ1) is 16.1. The van der Waals surface area contributed by atoms with Crippen LogP contribution < -0.4 is 5.32 Å². The highest BCUT2D eigenvalue weighted by atomic mass is 16.7. The second kappa shape index (κ2) is 7.15. The zero-order chi connectivity index (χ0) is 16.1. The number of ether oxygens (including phenoxy) is 2. The molecule has 0 spiro atoms. The largest absolute Gasteiger partial charge is 0.350 e. The monoisotopic (exact) mass is 300 g/mol. The van der Waals surface area contributed by atoms with Crippen LogP contribution in [0.2, 0.25) is 0 Å². The second-order valence-corrected chi connectivity index (χ2v) is 5.02. The number of methoxy groups -OCH3 is 2. The van der Waals surface area contributed by atoms with Crippen LogP contribution >= 0.6 is 0 Å². The van der Waals surface area contributed by atoms with Crippen LogP contribution in [0.1, 0.15) is 33.6 Å². The Balaban J connectivity index is 2.23. The Morgan fingerprint density at radius 1 is 1.14 bits per heavy atom. The number of carbonyl (C=O) groups excluding carboxylic acids is 1. The molecule has 0 unspecified atom stereocenters. The van der Waals surface area contributed by atoms with Crippen molar-refractivity contribution in [1.29, 1.82) is 0 Å². The molecule has 0 fully saturated rings. The highest BCUT2D eigenvalue weighted by Gasteiger charge is 2.14. The maximum atomic E-state index is 12.4. The van der Waals surface area contributed by atoms with Gasteiger partial charge >= 0.3 is 0 Å². The maximum Gasteiger partial charge on any atom is 0.274 e. The fraction of sp³-hybridized carbons (Fsp3) is 0.294. The van der Waals surface area contributed by atoms with E-state index >= 15 is 0 Å². The van der Waals surface area contributed by atoms with Gasteiger partial charge in [-0.2, -0.15) is 0 Å². The molecule has 116 valence electrons. The predicted octanol–water partition coefficient (Wildman–Crippen LogP) is 3.24. The Kier molecular flexibility index (Phi) is 5.25. The van der Waals surface area contributed by atoms with Crippen molar-refractivity contribution >= 4 is 11.6 Å². The van der Waals surface area contributed by atoms with E-state index in [2.05, 4.69) is 10.3 Å². The van der Waals surface area contributed by atoms with Crippen LogP contribution in [0.3, 0.4) is 0 Å². The molecule has 0 saturated heterocycles. The average Bonchev–Trinajstić information content (AvgIpc) is 2.52. The van der Waals surface area contributed by atoms with Gasteiger partial charge in [0, 0.05) is 19.9 Å². The van der Waals surface area contributed by atoms with Crippen LogP contribution in [-0.4, -0.2) is 25.1 Å². The van der Waals surface area contributed by atoms with Crippen molar-refractivity contribution in [3.8, 4) is 0 Å². The number of pyridine rings is 1. The first-order chi connectivity index (χ1) is 10.5. The lowest BCUT2D eigenvalue weighted by Gasteiger charge is -2.14. The normalized spacial score (nSPS) is 10.8. The van der Waals surface area contributed by atoms with E-state index in [1.165, 1.54) is 14.2 Å². The Bertz CT molecular complexity index is 667. The first-order valence-electron chi connectivity index (χ1n) is 6.96. The molecule has 2 aromatic rings. The molecule has 5 heteroatoms. The topological polar surface area (TPSA) is 60.5 Å². The van der Waals surface area contributed by atoms with Crippen molar-refractivity contribution in [1.82, 2.24) is 4.98 Å². The first-order valence-corrected chi connectivity index (χ1v) is 6.96. The van der Waals surface area contributed by atoms with Gasteiger partial charge in [-0.05, 0) is 43.2 Å². The number of rotatable bonds is 5. The van der Waals surface area contributed by atoms with E-state index in [-0.39, 0.29) is 5.91 Å². The lowest BCUT2D eigenvalue weighted by Crippen LogP contribution is -2.16. The molecular formula is C17H20N2O3. The van der Waals surface area contributed by atoms with Crippen LogP contribution in [0.15, 0.2) is 36.4 Å². The minimum Gasteiger partial charge on any atom is -0.350 e.